The molecule has 5 nitrogen and oxygen atoms in total. The van der Waals surface area contributed by atoms with Gasteiger partial charge in [-0.25, -0.2) is 4.98 Å². The molecule has 1 heterocycles. The molecule has 0 aliphatic heterocycles. The van der Waals surface area contributed by atoms with Crippen LogP contribution < -0.4 is 5.32 Å². The normalized spacial score (nSPS) is 9.71. The lowest BCUT2D eigenvalue weighted by Crippen LogP contribution is -1.90. The SMILES string of the molecule is CC.N#Cc1ccc(Nc2ccc(-c3nc4ccc(C#N)cc4[nH]3)cc2)cc1. The van der Waals surface area contributed by atoms with Gasteiger partial charge in [0, 0.05) is 16.9 Å². The average molecular weight is 365 g/mol. The van der Waals surface area contributed by atoms with Gasteiger partial charge in [0.05, 0.1) is 34.3 Å². The molecule has 0 atom stereocenters. The van der Waals surface area contributed by atoms with Crippen molar-refractivity contribution in [2.24, 2.45) is 0 Å². The average Bonchev–Trinajstić information content (AvgIpc) is 3.19. The molecular weight excluding hydrogens is 346 g/mol. The summed E-state index contributed by atoms with van der Waals surface area (Å²) in [5.41, 5.74) is 5.75. The Balaban J connectivity index is 0.00000109. The molecule has 0 amide bonds. The number of aromatic nitrogens is 2. The summed E-state index contributed by atoms with van der Waals surface area (Å²) in [5.74, 6) is 0.764. The highest BCUT2D eigenvalue weighted by molar-refractivity contribution is 5.81. The fourth-order valence-corrected chi connectivity index (χ4v) is 2.72. The summed E-state index contributed by atoms with van der Waals surface area (Å²) >= 11 is 0. The number of imidazole rings is 1. The van der Waals surface area contributed by atoms with Crippen LogP contribution in [-0.4, -0.2) is 9.97 Å². The molecule has 0 spiro atoms. The second-order valence-corrected chi connectivity index (χ2v) is 5.82. The van der Waals surface area contributed by atoms with Gasteiger partial charge in [-0.2, -0.15) is 10.5 Å². The van der Waals surface area contributed by atoms with E-state index in [2.05, 4.69) is 27.4 Å². The Bertz CT molecular complexity index is 1160. The van der Waals surface area contributed by atoms with Crippen molar-refractivity contribution in [2.45, 2.75) is 13.8 Å². The zero-order chi connectivity index (χ0) is 19.9. The van der Waals surface area contributed by atoms with Crippen molar-refractivity contribution in [1.82, 2.24) is 9.97 Å². The molecular formula is C23H19N5. The maximum Gasteiger partial charge on any atom is 0.138 e. The molecule has 0 radical (unpaired) electrons. The number of nitrogens with one attached hydrogen (secondary N) is 2. The van der Waals surface area contributed by atoms with E-state index in [1.165, 1.54) is 0 Å². The third-order valence-electron chi connectivity index (χ3n) is 4.07. The van der Waals surface area contributed by atoms with Gasteiger partial charge in [0.25, 0.3) is 0 Å². The lowest BCUT2D eigenvalue weighted by atomic mass is 10.2. The van der Waals surface area contributed by atoms with Crippen molar-refractivity contribution >= 4 is 22.4 Å². The van der Waals surface area contributed by atoms with Crippen LogP contribution in [0, 0.1) is 22.7 Å². The zero-order valence-electron chi connectivity index (χ0n) is 15.7. The first-order valence-electron chi connectivity index (χ1n) is 9.03. The summed E-state index contributed by atoms with van der Waals surface area (Å²) in [6, 6.07) is 24.9. The van der Waals surface area contributed by atoms with Crippen LogP contribution in [0.25, 0.3) is 22.4 Å². The van der Waals surface area contributed by atoms with Crippen LogP contribution in [0.5, 0.6) is 0 Å². The maximum absolute atomic E-state index is 8.99. The zero-order valence-corrected chi connectivity index (χ0v) is 15.7. The van der Waals surface area contributed by atoms with Crippen LogP contribution in [0.2, 0.25) is 0 Å². The Morgan fingerprint density at radius 2 is 1.36 bits per heavy atom. The first-order chi connectivity index (χ1) is 13.7. The molecule has 136 valence electrons. The molecule has 0 fully saturated rings. The summed E-state index contributed by atoms with van der Waals surface area (Å²) in [5, 5.41) is 21.1. The molecule has 4 rings (SSSR count). The fourth-order valence-electron chi connectivity index (χ4n) is 2.72. The van der Waals surface area contributed by atoms with Crippen LogP contribution in [0.3, 0.4) is 0 Å². The highest BCUT2D eigenvalue weighted by Gasteiger charge is 2.06. The van der Waals surface area contributed by atoms with E-state index in [0.717, 1.165) is 33.8 Å². The monoisotopic (exact) mass is 365 g/mol. The second-order valence-electron chi connectivity index (χ2n) is 5.82. The number of fused-ring (bicyclic) bond motifs is 1. The molecule has 2 N–H and O–H groups in total. The van der Waals surface area contributed by atoms with Gasteiger partial charge >= 0.3 is 0 Å². The molecule has 0 saturated carbocycles. The first kappa shape index (κ1) is 18.7. The number of nitrogens with zero attached hydrogens (tertiary/aromatic N) is 3. The van der Waals surface area contributed by atoms with Gasteiger partial charge < -0.3 is 10.3 Å². The van der Waals surface area contributed by atoms with E-state index in [1.807, 2.05) is 56.3 Å². The summed E-state index contributed by atoms with van der Waals surface area (Å²) in [6.45, 7) is 4.00. The quantitative estimate of drug-likeness (QED) is 0.484. The number of rotatable bonds is 3. The van der Waals surface area contributed by atoms with Crippen molar-refractivity contribution in [3.05, 3.63) is 77.9 Å². The molecule has 4 aromatic rings. The Morgan fingerprint density at radius 3 is 1.96 bits per heavy atom. The molecule has 0 bridgehead atoms. The van der Waals surface area contributed by atoms with E-state index in [0.29, 0.717) is 11.1 Å². The summed E-state index contributed by atoms with van der Waals surface area (Å²) in [4.78, 5) is 7.83. The minimum absolute atomic E-state index is 0.606. The van der Waals surface area contributed by atoms with E-state index in [4.69, 9.17) is 10.5 Å². The van der Waals surface area contributed by atoms with Crippen molar-refractivity contribution in [3.63, 3.8) is 0 Å². The number of aromatic amines is 1. The number of benzene rings is 3. The summed E-state index contributed by atoms with van der Waals surface area (Å²) in [7, 11) is 0. The van der Waals surface area contributed by atoms with E-state index in [1.54, 1.807) is 24.3 Å². The molecule has 0 saturated heterocycles. The van der Waals surface area contributed by atoms with E-state index >= 15 is 0 Å². The van der Waals surface area contributed by atoms with Crippen molar-refractivity contribution in [2.75, 3.05) is 5.32 Å². The number of nitriles is 2. The van der Waals surface area contributed by atoms with E-state index in [9.17, 15) is 0 Å². The van der Waals surface area contributed by atoms with Gasteiger partial charge in [-0.05, 0) is 66.7 Å². The third kappa shape index (κ3) is 4.00. The fraction of sp³-hybridized carbons (Fsp3) is 0.0870. The summed E-state index contributed by atoms with van der Waals surface area (Å²) in [6.07, 6.45) is 0. The number of anilines is 2. The maximum atomic E-state index is 8.99. The molecule has 3 aromatic carbocycles. The first-order valence-corrected chi connectivity index (χ1v) is 9.03. The standard InChI is InChI=1S/C21H13N5.C2H6/c22-12-14-1-6-17(7-2-14)24-18-8-4-16(5-9-18)21-25-19-10-3-15(13-23)11-20(19)26-21;1-2/h1-11,24H,(H,25,26);1-2H3. The van der Waals surface area contributed by atoms with Crippen LogP contribution in [-0.2, 0) is 0 Å². The number of hydrogen-bond acceptors (Lipinski definition) is 4. The predicted octanol–water partition coefficient (Wildman–Crippen LogP) is 5.74. The topological polar surface area (TPSA) is 88.3 Å². The van der Waals surface area contributed by atoms with Gasteiger partial charge in [0.1, 0.15) is 5.82 Å². The molecule has 0 aliphatic carbocycles. The number of H-pyrrole nitrogens is 1. The lowest BCUT2D eigenvalue weighted by molar-refractivity contribution is 1.33. The van der Waals surface area contributed by atoms with Gasteiger partial charge in [0.2, 0.25) is 0 Å². The van der Waals surface area contributed by atoms with Crippen molar-refractivity contribution in [3.8, 4) is 23.5 Å². The highest BCUT2D eigenvalue weighted by atomic mass is 14.9. The smallest absolute Gasteiger partial charge is 0.138 e. The molecule has 5 heteroatoms. The lowest BCUT2D eigenvalue weighted by Gasteiger charge is -2.07. The van der Waals surface area contributed by atoms with Crippen LogP contribution >= 0.6 is 0 Å². The van der Waals surface area contributed by atoms with Gasteiger partial charge in [-0.15, -0.1) is 0 Å². The van der Waals surface area contributed by atoms with Crippen molar-refractivity contribution < 1.29 is 0 Å². The van der Waals surface area contributed by atoms with E-state index < -0.39 is 0 Å². The molecule has 28 heavy (non-hydrogen) atoms. The van der Waals surface area contributed by atoms with Crippen LogP contribution in [0.4, 0.5) is 11.4 Å². The molecule has 0 unspecified atom stereocenters. The predicted molar refractivity (Wildman–Crippen MR) is 112 cm³/mol. The van der Waals surface area contributed by atoms with Crippen LogP contribution in [0.1, 0.15) is 25.0 Å². The molecule has 0 aliphatic rings. The van der Waals surface area contributed by atoms with Crippen LogP contribution in [0.15, 0.2) is 66.7 Å². The number of hydrogen-bond donors (Lipinski definition) is 2. The Kier molecular flexibility index (Phi) is 5.69. The Labute approximate surface area is 163 Å². The van der Waals surface area contributed by atoms with Gasteiger partial charge in [-0.3, -0.25) is 0 Å². The van der Waals surface area contributed by atoms with Gasteiger partial charge in [0.15, 0.2) is 0 Å². The molecule has 1 aromatic heterocycles. The minimum Gasteiger partial charge on any atom is -0.356 e. The minimum atomic E-state index is 0.606. The Morgan fingerprint density at radius 1 is 0.786 bits per heavy atom. The third-order valence-corrected chi connectivity index (χ3v) is 4.07. The Hall–Kier alpha value is -4.09. The largest absolute Gasteiger partial charge is 0.356 e. The summed E-state index contributed by atoms with van der Waals surface area (Å²) < 4.78 is 0. The second kappa shape index (κ2) is 8.53. The van der Waals surface area contributed by atoms with Crippen molar-refractivity contribution in [1.29, 1.82) is 10.5 Å². The van der Waals surface area contributed by atoms with E-state index in [-0.39, 0.29) is 0 Å². The highest BCUT2D eigenvalue weighted by Crippen LogP contribution is 2.24. The van der Waals surface area contributed by atoms with Gasteiger partial charge in [-0.1, -0.05) is 13.8 Å².